The summed E-state index contributed by atoms with van der Waals surface area (Å²) in [4.78, 5) is 26.1. The van der Waals surface area contributed by atoms with E-state index in [9.17, 15) is 9.59 Å². The van der Waals surface area contributed by atoms with Crippen LogP contribution >= 0.6 is 0 Å². The van der Waals surface area contributed by atoms with Crippen molar-refractivity contribution in [3.05, 3.63) is 46.8 Å². The molecule has 0 aliphatic carbocycles. The molecular formula is C14H14N2O2. The zero-order chi connectivity index (χ0) is 12.5. The summed E-state index contributed by atoms with van der Waals surface area (Å²) < 4.78 is 1.28. The summed E-state index contributed by atoms with van der Waals surface area (Å²) >= 11 is 0. The first-order valence-electron chi connectivity index (χ1n) is 6.17. The number of benzene rings is 1. The van der Waals surface area contributed by atoms with E-state index in [0.717, 1.165) is 31.3 Å². The Balaban J connectivity index is 2.18. The maximum Gasteiger partial charge on any atom is 0.331 e. The van der Waals surface area contributed by atoms with Crippen LogP contribution in [0.1, 0.15) is 12.8 Å². The number of pyridine rings is 1. The molecule has 0 saturated carbocycles. The third-order valence-electron chi connectivity index (χ3n) is 3.37. The van der Waals surface area contributed by atoms with Crippen LogP contribution in [0.5, 0.6) is 0 Å². The molecule has 1 aliphatic rings. The lowest BCUT2D eigenvalue weighted by atomic mass is 10.2. The summed E-state index contributed by atoms with van der Waals surface area (Å²) in [5.41, 5.74) is 0.424. The van der Waals surface area contributed by atoms with E-state index in [4.69, 9.17) is 0 Å². The summed E-state index contributed by atoms with van der Waals surface area (Å²) in [6.45, 7) is 1.49. The zero-order valence-corrected chi connectivity index (χ0v) is 10.0. The zero-order valence-electron chi connectivity index (χ0n) is 10.0. The van der Waals surface area contributed by atoms with Crippen LogP contribution in [0.15, 0.2) is 41.2 Å². The van der Waals surface area contributed by atoms with E-state index < -0.39 is 0 Å². The Morgan fingerprint density at radius 2 is 1.72 bits per heavy atom. The smallest absolute Gasteiger partial charge is 0.324 e. The summed E-state index contributed by atoms with van der Waals surface area (Å²) in [5.74, 6) is 0. The van der Waals surface area contributed by atoms with Crippen molar-refractivity contribution in [2.75, 3.05) is 13.1 Å². The largest absolute Gasteiger partial charge is 0.331 e. The van der Waals surface area contributed by atoms with E-state index in [-0.39, 0.29) is 11.6 Å². The minimum absolute atomic E-state index is 0.200. The van der Waals surface area contributed by atoms with Crippen LogP contribution in [-0.4, -0.2) is 28.6 Å². The van der Waals surface area contributed by atoms with Crippen LogP contribution < -0.4 is 5.56 Å². The van der Waals surface area contributed by atoms with Crippen molar-refractivity contribution in [1.29, 1.82) is 0 Å². The Labute approximate surface area is 104 Å². The molecule has 0 atom stereocenters. The van der Waals surface area contributed by atoms with Gasteiger partial charge in [0, 0.05) is 19.2 Å². The fourth-order valence-electron chi connectivity index (χ4n) is 2.43. The maximum absolute atomic E-state index is 12.4. The van der Waals surface area contributed by atoms with Crippen LogP contribution in [0.3, 0.4) is 0 Å². The number of likely N-dealkylation sites (tertiary alicyclic amines) is 1. The molecule has 1 aromatic carbocycles. The normalized spacial score (nSPS) is 15.2. The van der Waals surface area contributed by atoms with Gasteiger partial charge in [0.1, 0.15) is 0 Å². The van der Waals surface area contributed by atoms with Crippen molar-refractivity contribution in [1.82, 2.24) is 9.47 Å². The molecule has 2 heterocycles. The summed E-state index contributed by atoms with van der Waals surface area (Å²) in [6.07, 6.45) is 2.04. The number of rotatable bonds is 0. The predicted octanol–water partition coefficient (Wildman–Crippen LogP) is 2.07. The van der Waals surface area contributed by atoms with Gasteiger partial charge in [-0.25, -0.2) is 9.36 Å². The number of aromatic nitrogens is 1. The number of carbonyl (C=O) groups excluding carboxylic acids is 1. The summed E-state index contributed by atoms with van der Waals surface area (Å²) in [7, 11) is 0. The highest BCUT2D eigenvalue weighted by Crippen LogP contribution is 2.14. The van der Waals surface area contributed by atoms with E-state index in [2.05, 4.69) is 0 Å². The predicted molar refractivity (Wildman–Crippen MR) is 69.8 cm³/mol. The van der Waals surface area contributed by atoms with Crippen LogP contribution in [-0.2, 0) is 0 Å². The second kappa shape index (κ2) is 4.29. The van der Waals surface area contributed by atoms with E-state index in [1.165, 1.54) is 10.6 Å². The highest BCUT2D eigenvalue weighted by molar-refractivity contribution is 5.90. The Morgan fingerprint density at radius 1 is 1.00 bits per heavy atom. The molecule has 3 rings (SSSR count). The monoisotopic (exact) mass is 242 g/mol. The fraction of sp³-hybridized carbons (Fsp3) is 0.286. The van der Waals surface area contributed by atoms with Gasteiger partial charge in [-0.15, -0.1) is 0 Å². The van der Waals surface area contributed by atoms with E-state index in [1.807, 2.05) is 24.3 Å². The summed E-state index contributed by atoms with van der Waals surface area (Å²) in [6, 6.07) is 10.5. The van der Waals surface area contributed by atoms with Crippen molar-refractivity contribution < 1.29 is 4.79 Å². The molecule has 0 radical (unpaired) electrons. The second-order valence-electron chi connectivity index (χ2n) is 4.54. The number of fused-ring (bicyclic) bond motifs is 1. The molecule has 4 nitrogen and oxygen atoms in total. The molecule has 18 heavy (non-hydrogen) atoms. The van der Waals surface area contributed by atoms with Gasteiger partial charge in [-0.1, -0.05) is 18.2 Å². The molecule has 1 amide bonds. The Hall–Kier alpha value is -2.10. The minimum Gasteiger partial charge on any atom is -0.324 e. The average molecular weight is 242 g/mol. The quantitative estimate of drug-likeness (QED) is 0.709. The maximum atomic E-state index is 12.4. The van der Waals surface area contributed by atoms with Crippen LogP contribution in [0.2, 0.25) is 0 Å². The van der Waals surface area contributed by atoms with Gasteiger partial charge in [0.15, 0.2) is 0 Å². The van der Waals surface area contributed by atoms with Gasteiger partial charge in [0.25, 0.3) is 5.56 Å². The number of amides is 1. The number of hydrogen-bond acceptors (Lipinski definition) is 2. The van der Waals surface area contributed by atoms with Crippen molar-refractivity contribution in [3.8, 4) is 0 Å². The molecule has 1 fully saturated rings. The molecule has 1 aliphatic heterocycles. The van der Waals surface area contributed by atoms with Gasteiger partial charge < -0.3 is 4.90 Å². The molecule has 1 saturated heterocycles. The Kier molecular flexibility index (Phi) is 2.63. The van der Waals surface area contributed by atoms with Gasteiger partial charge >= 0.3 is 6.03 Å². The van der Waals surface area contributed by atoms with Gasteiger partial charge in [-0.2, -0.15) is 0 Å². The highest BCUT2D eigenvalue weighted by Gasteiger charge is 2.21. The van der Waals surface area contributed by atoms with Crippen LogP contribution in [0.25, 0.3) is 10.9 Å². The van der Waals surface area contributed by atoms with E-state index in [0.29, 0.717) is 5.52 Å². The molecule has 0 spiro atoms. The van der Waals surface area contributed by atoms with Gasteiger partial charge in [-0.05, 0) is 30.4 Å². The highest BCUT2D eigenvalue weighted by atomic mass is 16.2. The fourth-order valence-corrected chi connectivity index (χ4v) is 2.43. The topological polar surface area (TPSA) is 42.3 Å². The number of carbonyl (C=O) groups is 1. The molecule has 1 aromatic heterocycles. The molecule has 2 aromatic rings. The standard InChI is InChI=1S/C14H14N2O2/c17-13-8-7-11-5-1-2-6-12(11)16(13)14(18)15-9-3-4-10-15/h1-2,5-8H,3-4,9-10H2. The van der Waals surface area contributed by atoms with E-state index >= 15 is 0 Å². The van der Waals surface area contributed by atoms with Gasteiger partial charge in [-0.3, -0.25) is 4.79 Å². The molecule has 0 bridgehead atoms. The van der Waals surface area contributed by atoms with Crippen molar-refractivity contribution in [3.63, 3.8) is 0 Å². The van der Waals surface area contributed by atoms with Gasteiger partial charge in [0.05, 0.1) is 5.52 Å². The average Bonchev–Trinajstić information content (AvgIpc) is 2.92. The second-order valence-corrected chi connectivity index (χ2v) is 4.54. The molecule has 92 valence electrons. The van der Waals surface area contributed by atoms with E-state index in [1.54, 1.807) is 11.0 Å². The minimum atomic E-state index is -0.259. The Morgan fingerprint density at radius 3 is 2.50 bits per heavy atom. The number of hydrogen-bond donors (Lipinski definition) is 0. The number of para-hydroxylation sites is 1. The third-order valence-corrected chi connectivity index (χ3v) is 3.37. The van der Waals surface area contributed by atoms with Crippen molar-refractivity contribution in [2.45, 2.75) is 12.8 Å². The SMILES string of the molecule is O=C(N1CCCC1)n1c(=O)ccc2ccccc21. The van der Waals surface area contributed by atoms with Crippen LogP contribution in [0.4, 0.5) is 4.79 Å². The first-order chi connectivity index (χ1) is 8.77. The Bertz CT molecular complexity index is 654. The van der Waals surface area contributed by atoms with Gasteiger partial charge in [0.2, 0.25) is 0 Å². The third kappa shape index (κ3) is 1.70. The lowest BCUT2D eigenvalue weighted by Gasteiger charge is -2.17. The lowest BCUT2D eigenvalue weighted by Crippen LogP contribution is -2.38. The summed E-state index contributed by atoms with van der Waals surface area (Å²) in [5, 5.41) is 0.907. The molecule has 0 unspecified atom stereocenters. The first kappa shape index (κ1) is 11.0. The molecule has 0 N–H and O–H groups in total. The van der Waals surface area contributed by atoms with Crippen molar-refractivity contribution >= 4 is 16.9 Å². The molecular weight excluding hydrogens is 228 g/mol. The lowest BCUT2D eigenvalue weighted by molar-refractivity contribution is 0.211. The van der Waals surface area contributed by atoms with Crippen LogP contribution in [0, 0.1) is 0 Å². The number of nitrogens with zero attached hydrogens (tertiary/aromatic N) is 2. The first-order valence-corrected chi connectivity index (χ1v) is 6.17. The molecule has 4 heteroatoms. The van der Waals surface area contributed by atoms with Crippen molar-refractivity contribution in [2.24, 2.45) is 0 Å².